The monoisotopic (exact) mass is 248 g/mol. The predicted octanol–water partition coefficient (Wildman–Crippen LogP) is 1.43. The van der Waals surface area contributed by atoms with Crippen molar-refractivity contribution >= 4 is 0 Å². The number of aliphatic hydroxyl groups is 1. The maximum Gasteiger partial charge on any atom is 0.0599 e. The van der Waals surface area contributed by atoms with Gasteiger partial charge in [0.25, 0.3) is 0 Å². The number of likely N-dealkylation sites (N-methyl/N-ethyl adjacent to an activating group) is 1. The molecule has 2 atom stereocenters. The molecule has 2 unspecified atom stereocenters. The Morgan fingerprint density at radius 2 is 1.89 bits per heavy atom. The molecule has 3 heteroatoms. The quantitative estimate of drug-likeness (QED) is 0.876. The van der Waals surface area contributed by atoms with Gasteiger partial charge in [-0.1, -0.05) is 37.3 Å². The molecule has 1 aliphatic heterocycles. The summed E-state index contributed by atoms with van der Waals surface area (Å²) in [7, 11) is 2.14. The third-order valence-corrected chi connectivity index (χ3v) is 3.65. The van der Waals surface area contributed by atoms with Crippen molar-refractivity contribution < 1.29 is 5.11 Å². The summed E-state index contributed by atoms with van der Waals surface area (Å²) >= 11 is 0. The van der Waals surface area contributed by atoms with E-state index < -0.39 is 0 Å². The van der Waals surface area contributed by atoms with E-state index in [0.29, 0.717) is 5.92 Å². The molecule has 1 aromatic rings. The van der Waals surface area contributed by atoms with Crippen molar-refractivity contribution in [2.75, 3.05) is 33.3 Å². The van der Waals surface area contributed by atoms with Crippen LogP contribution in [0.2, 0.25) is 0 Å². The third kappa shape index (κ3) is 3.55. The molecule has 1 heterocycles. The lowest BCUT2D eigenvalue weighted by molar-refractivity contribution is 0.108. The van der Waals surface area contributed by atoms with Crippen LogP contribution in [0.4, 0.5) is 0 Å². The van der Waals surface area contributed by atoms with Crippen LogP contribution in [0.5, 0.6) is 0 Å². The van der Waals surface area contributed by atoms with Gasteiger partial charge in [0, 0.05) is 32.2 Å². The molecule has 1 N–H and O–H groups in total. The second kappa shape index (κ2) is 6.32. The van der Waals surface area contributed by atoms with Gasteiger partial charge in [-0.3, -0.25) is 4.90 Å². The van der Waals surface area contributed by atoms with Crippen molar-refractivity contribution in [3.8, 4) is 0 Å². The predicted molar refractivity (Wildman–Crippen MR) is 74.4 cm³/mol. The van der Waals surface area contributed by atoms with Crippen molar-refractivity contribution in [1.82, 2.24) is 9.80 Å². The van der Waals surface area contributed by atoms with Crippen LogP contribution >= 0.6 is 0 Å². The molecule has 1 fully saturated rings. The van der Waals surface area contributed by atoms with E-state index in [2.05, 4.69) is 48.0 Å². The largest absolute Gasteiger partial charge is 0.395 e. The third-order valence-electron chi connectivity index (χ3n) is 3.65. The van der Waals surface area contributed by atoms with E-state index in [1.807, 2.05) is 6.07 Å². The lowest BCUT2D eigenvalue weighted by Crippen LogP contribution is -2.42. The molecular formula is C15H24N2O. The molecule has 100 valence electrons. The van der Waals surface area contributed by atoms with Gasteiger partial charge in [0.05, 0.1) is 6.61 Å². The summed E-state index contributed by atoms with van der Waals surface area (Å²) in [5.41, 5.74) is 1.33. The van der Waals surface area contributed by atoms with Crippen molar-refractivity contribution in [1.29, 1.82) is 0 Å². The second-order valence-electron chi connectivity index (χ2n) is 5.58. The minimum absolute atomic E-state index is 0.240. The Hall–Kier alpha value is -0.900. The van der Waals surface area contributed by atoms with Gasteiger partial charge in [0.15, 0.2) is 0 Å². The Kier molecular flexibility index (Phi) is 4.75. The fraction of sp³-hybridized carbons (Fsp3) is 0.600. The van der Waals surface area contributed by atoms with Crippen LogP contribution in [-0.4, -0.2) is 54.2 Å². The zero-order chi connectivity index (χ0) is 13.0. The smallest absolute Gasteiger partial charge is 0.0599 e. The second-order valence-corrected chi connectivity index (χ2v) is 5.58. The van der Waals surface area contributed by atoms with Gasteiger partial charge in [-0.15, -0.1) is 0 Å². The minimum Gasteiger partial charge on any atom is -0.395 e. The van der Waals surface area contributed by atoms with E-state index in [4.69, 9.17) is 0 Å². The first-order valence-electron chi connectivity index (χ1n) is 6.76. The summed E-state index contributed by atoms with van der Waals surface area (Å²) in [5.74, 6) is 0.648. The molecule has 0 bridgehead atoms. The summed E-state index contributed by atoms with van der Waals surface area (Å²) < 4.78 is 0. The standard InChI is InChI=1S/C15H24N2O/c1-13-8-16(2)11-15(12-18)17(9-13)10-14-6-4-3-5-7-14/h3-7,13,15,18H,8-12H2,1-2H3. The highest BCUT2D eigenvalue weighted by Crippen LogP contribution is 2.16. The van der Waals surface area contributed by atoms with Crippen LogP contribution in [0.25, 0.3) is 0 Å². The summed E-state index contributed by atoms with van der Waals surface area (Å²) in [4.78, 5) is 4.75. The molecule has 1 saturated heterocycles. The molecule has 2 rings (SSSR count). The average molecular weight is 248 g/mol. The topological polar surface area (TPSA) is 26.7 Å². The minimum atomic E-state index is 0.240. The number of hydrogen-bond donors (Lipinski definition) is 1. The molecule has 1 aromatic carbocycles. The number of nitrogens with zero attached hydrogens (tertiary/aromatic N) is 2. The molecule has 0 amide bonds. The number of benzene rings is 1. The zero-order valence-corrected chi connectivity index (χ0v) is 11.4. The maximum absolute atomic E-state index is 9.60. The molecule has 0 spiro atoms. The Labute approximate surface area is 110 Å². The fourth-order valence-electron chi connectivity index (χ4n) is 2.87. The van der Waals surface area contributed by atoms with Crippen molar-refractivity contribution in [3.05, 3.63) is 35.9 Å². The van der Waals surface area contributed by atoms with E-state index in [1.54, 1.807) is 0 Å². The highest BCUT2D eigenvalue weighted by Gasteiger charge is 2.25. The molecule has 3 nitrogen and oxygen atoms in total. The zero-order valence-electron chi connectivity index (χ0n) is 11.4. The highest BCUT2D eigenvalue weighted by molar-refractivity contribution is 5.14. The van der Waals surface area contributed by atoms with Gasteiger partial charge in [0.2, 0.25) is 0 Å². The molecule has 0 aliphatic carbocycles. The Balaban J connectivity index is 2.08. The normalized spacial score (nSPS) is 27.1. The average Bonchev–Trinajstić information content (AvgIpc) is 2.48. The number of aliphatic hydroxyl groups excluding tert-OH is 1. The molecule has 0 aromatic heterocycles. The first-order chi connectivity index (χ1) is 8.69. The summed E-state index contributed by atoms with van der Waals surface area (Å²) in [6, 6.07) is 10.8. The van der Waals surface area contributed by atoms with Crippen molar-refractivity contribution in [2.24, 2.45) is 5.92 Å². The van der Waals surface area contributed by atoms with Crippen molar-refractivity contribution in [2.45, 2.75) is 19.5 Å². The van der Waals surface area contributed by atoms with Crippen LogP contribution in [0.15, 0.2) is 30.3 Å². The van der Waals surface area contributed by atoms with Crippen LogP contribution < -0.4 is 0 Å². The molecule has 18 heavy (non-hydrogen) atoms. The van der Waals surface area contributed by atoms with Gasteiger partial charge in [0.1, 0.15) is 0 Å². The lowest BCUT2D eigenvalue weighted by Gasteiger charge is -2.30. The Morgan fingerprint density at radius 1 is 1.17 bits per heavy atom. The Morgan fingerprint density at radius 3 is 2.56 bits per heavy atom. The van der Waals surface area contributed by atoms with Gasteiger partial charge >= 0.3 is 0 Å². The van der Waals surface area contributed by atoms with E-state index in [9.17, 15) is 5.11 Å². The maximum atomic E-state index is 9.60. The van der Waals surface area contributed by atoms with Crippen LogP contribution in [0, 0.1) is 5.92 Å². The summed E-state index contributed by atoms with van der Waals surface area (Å²) in [6.07, 6.45) is 0. The molecule has 0 radical (unpaired) electrons. The van der Waals surface area contributed by atoms with Gasteiger partial charge < -0.3 is 10.0 Å². The van der Waals surface area contributed by atoms with Gasteiger partial charge in [-0.05, 0) is 18.5 Å². The van der Waals surface area contributed by atoms with Crippen molar-refractivity contribution in [3.63, 3.8) is 0 Å². The van der Waals surface area contributed by atoms with E-state index >= 15 is 0 Å². The SMILES string of the molecule is CC1CN(C)CC(CO)N(Cc2ccccc2)C1. The number of rotatable bonds is 3. The molecular weight excluding hydrogens is 224 g/mol. The summed E-state index contributed by atoms with van der Waals surface area (Å²) in [5, 5.41) is 9.60. The first kappa shape index (κ1) is 13.5. The van der Waals surface area contributed by atoms with E-state index in [-0.39, 0.29) is 12.6 Å². The Bertz CT molecular complexity index is 355. The number of hydrogen-bond acceptors (Lipinski definition) is 3. The molecule has 0 saturated carbocycles. The van der Waals surface area contributed by atoms with Gasteiger partial charge in [-0.25, -0.2) is 0 Å². The molecule has 1 aliphatic rings. The summed E-state index contributed by atoms with van der Waals surface area (Å²) in [6.45, 7) is 6.59. The van der Waals surface area contributed by atoms with Gasteiger partial charge in [-0.2, -0.15) is 0 Å². The van der Waals surface area contributed by atoms with E-state index in [0.717, 1.165) is 26.2 Å². The van der Waals surface area contributed by atoms with Crippen LogP contribution in [-0.2, 0) is 6.54 Å². The highest BCUT2D eigenvalue weighted by atomic mass is 16.3. The fourth-order valence-corrected chi connectivity index (χ4v) is 2.87. The lowest BCUT2D eigenvalue weighted by atomic mass is 10.1. The first-order valence-corrected chi connectivity index (χ1v) is 6.76. The van der Waals surface area contributed by atoms with Crippen LogP contribution in [0.1, 0.15) is 12.5 Å². The van der Waals surface area contributed by atoms with E-state index in [1.165, 1.54) is 5.56 Å². The van der Waals surface area contributed by atoms with Crippen LogP contribution in [0.3, 0.4) is 0 Å².